The van der Waals surface area contributed by atoms with Crippen LogP contribution in [0.4, 0.5) is 0 Å². The van der Waals surface area contributed by atoms with Crippen LogP contribution in [-0.4, -0.2) is 37.2 Å². The average molecular weight is 1160 g/mol. The van der Waals surface area contributed by atoms with Crippen molar-refractivity contribution in [3.05, 3.63) is 60.8 Å². The molecule has 0 aliphatic rings. The molecule has 1 unspecified atom stereocenters. The summed E-state index contributed by atoms with van der Waals surface area (Å²) in [5.74, 6) is -0.884. The average Bonchev–Trinajstić information content (AvgIpc) is 3.48. The molecule has 0 radical (unpaired) electrons. The van der Waals surface area contributed by atoms with Crippen LogP contribution in [0.5, 0.6) is 0 Å². The second kappa shape index (κ2) is 71.6. The standard InChI is InChI=1S/C77H140O6/c1-4-7-10-13-16-19-22-24-26-28-30-31-32-33-34-35-36-37-38-39-40-41-42-43-44-45-47-48-50-52-55-58-61-64-67-70-76(79)82-73-74(72-81-75(78)69-66-63-60-57-54-21-18-15-12-9-6-3)83-77(80)71-68-65-62-59-56-53-51-49-46-29-27-25-23-20-17-14-11-8-5-2/h8,11,15,17-18,20,25,27,46,49,74H,4-7,9-10,12-14,16,19,21-24,26,28-45,47-48,50-73H2,1-3H3/b11-8-,18-15-,20-17-,27-25-,49-46-. The summed E-state index contributed by atoms with van der Waals surface area (Å²) >= 11 is 0. The lowest BCUT2D eigenvalue weighted by molar-refractivity contribution is -0.167. The van der Waals surface area contributed by atoms with E-state index in [2.05, 4.69) is 81.5 Å². The summed E-state index contributed by atoms with van der Waals surface area (Å²) in [7, 11) is 0. The molecule has 0 saturated heterocycles. The zero-order chi connectivity index (χ0) is 59.9. The maximum atomic E-state index is 12.9. The second-order valence-electron chi connectivity index (χ2n) is 24.8. The van der Waals surface area contributed by atoms with E-state index in [0.717, 1.165) is 103 Å². The minimum atomic E-state index is -0.785. The van der Waals surface area contributed by atoms with Crippen molar-refractivity contribution in [2.45, 2.75) is 399 Å². The Balaban J connectivity index is 4.06. The Bertz CT molecular complexity index is 1470. The fourth-order valence-electron chi connectivity index (χ4n) is 11.0. The van der Waals surface area contributed by atoms with Crippen molar-refractivity contribution in [3.63, 3.8) is 0 Å². The summed E-state index contributed by atoms with van der Waals surface area (Å²) in [4.78, 5) is 38.3. The van der Waals surface area contributed by atoms with Crippen molar-refractivity contribution in [1.29, 1.82) is 0 Å². The van der Waals surface area contributed by atoms with Crippen LogP contribution in [0, 0.1) is 0 Å². The zero-order valence-corrected chi connectivity index (χ0v) is 55.7. The van der Waals surface area contributed by atoms with Crippen LogP contribution in [0.15, 0.2) is 60.8 Å². The predicted octanol–water partition coefficient (Wildman–Crippen LogP) is 25.5. The number of carbonyl (C=O) groups is 3. The zero-order valence-electron chi connectivity index (χ0n) is 55.7. The van der Waals surface area contributed by atoms with Gasteiger partial charge in [0, 0.05) is 19.3 Å². The molecule has 83 heavy (non-hydrogen) atoms. The number of hydrogen-bond donors (Lipinski definition) is 0. The molecule has 0 aromatic carbocycles. The molecule has 0 fully saturated rings. The molecule has 0 aliphatic carbocycles. The quantitative estimate of drug-likeness (QED) is 0.0261. The highest BCUT2D eigenvalue weighted by molar-refractivity contribution is 5.71. The Labute approximate surface area is 517 Å². The smallest absolute Gasteiger partial charge is 0.306 e. The third-order valence-electron chi connectivity index (χ3n) is 16.5. The number of ether oxygens (including phenoxy) is 3. The van der Waals surface area contributed by atoms with E-state index in [1.807, 2.05) is 0 Å². The van der Waals surface area contributed by atoms with Gasteiger partial charge in [-0.2, -0.15) is 0 Å². The van der Waals surface area contributed by atoms with Crippen molar-refractivity contribution >= 4 is 17.9 Å². The molecule has 0 aromatic rings. The largest absolute Gasteiger partial charge is 0.462 e. The molecular weight excluding hydrogens is 1020 g/mol. The van der Waals surface area contributed by atoms with Crippen molar-refractivity contribution in [2.75, 3.05) is 13.2 Å². The molecule has 0 heterocycles. The highest BCUT2D eigenvalue weighted by atomic mass is 16.6. The monoisotopic (exact) mass is 1160 g/mol. The summed E-state index contributed by atoms with van der Waals surface area (Å²) in [5.41, 5.74) is 0. The first-order valence-electron chi connectivity index (χ1n) is 36.8. The molecule has 0 spiro atoms. The minimum Gasteiger partial charge on any atom is -0.462 e. The first kappa shape index (κ1) is 80.1. The van der Waals surface area contributed by atoms with Crippen LogP contribution in [-0.2, 0) is 28.6 Å². The van der Waals surface area contributed by atoms with Gasteiger partial charge in [0.2, 0.25) is 0 Å². The fourth-order valence-corrected chi connectivity index (χ4v) is 11.0. The summed E-state index contributed by atoms with van der Waals surface area (Å²) in [5, 5.41) is 0. The van der Waals surface area contributed by atoms with E-state index >= 15 is 0 Å². The van der Waals surface area contributed by atoms with E-state index < -0.39 is 6.10 Å². The van der Waals surface area contributed by atoms with Gasteiger partial charge in [0.05, 0.1) is 0 Å². The van der Waals surface area contributed by atoms with Crippen LogP contribution in [0.3, 0.4) is 0 Å². The van der Waals surface area contributed by atoms with Gasteiger partial charge in [-0.05, 0) is 77.0 Å². The first-order valence-corrected chi connectivity index (χ1v) is 36.8. The van der Waals surface area contributed by atoms with Crippen molar-refractivity contribution in [1.82, 2.24) is 0 Å². The molecule has 0 rings (SSSR count). The van der Waals surface area contributed by atoms with Gasteiger partial charge in [0.25, 0.3) is 0 Å². The first-order chi connectivity index (χ1) is 41.0. The lowest BCUT2D eigenvalue weighted by Crippen LogP contribution is -2.30. The van der Waals surface area contributed by atoms with Crippen LogP contribution < -0.4 is 0 Å². The summed E-state index contributed by atoms with van der Waals surface area (Å²) < 4.78 is 16.9. The molecule has 0 N–H and O–H groups in total. The second-order valence-corrected chi connectivity index (χ2v) is 24.8. The number of unbranched alkanes of at least 4 members (excludes halogenated alkanes) is 47. The summed E-state index contributed by atoms with van der Waals surface area (Å²) in [6, 6.07) is 0. The molecule has 0 aromatic heterocycles. The van der Waals surface area contributed by atoms with E-state index in [-0.39, 0.29) is 31.1 Å². The SMILES string of the molecule is CC/C=C\C/C=C\C/C=C\C/C=C\CCCCCCCCC(=O)OC(COC(=O)CCCCCCC/C=C\CCCC)COC(=O)CCCCCCCCCCCCCCCCCCCCCCCCCCCCCCCCCCCCC. The predicted molar refractivity (Wildman–Crippen MR) is 362 cm³/mol. The minimum absolute atomic E-state index is 0.0797. The number of hydrogen-bond acceptors (Lipinski definition) is 6. The van der Waals surface area contributed by atoms with Crippen LogP contribution >= 0.6 is 0 Å². The van der Waals surface area contributed by atoms with Crippen LogP contribution in [0.25, 0.3) is 0 Å². The lowest BCUT2D eigenvalue weighted by atomic mass is 10.0. The Kier molecular flexibility index (Phi) is 69.1. The Hall–Kier alpha value is -2.89. The van der Waals surface area contributed by atoms with E-state index in [0.29, 0.717) is 19.3 Å². The van der Waals surface area contributed by atoms with Gasteiger partial charge in [0.1, 0.15) is 13.2 Å². The Morgan fingerprint density at radius 2 is 0.482 bits per heavy atom. The molecule has 6 nitrogen and oxygen atoms in total. The molecule has 1 atom stereocenters. The number of carbonyl (C=O) groups excluding carboxylic acids is 3. The third-order valence-corrected chi connectivity index (χ3v) is 16.5. The molecule has 484 valence electrons. The van der Waals surface area contributed by atoms with Crippen LogP contribution in [0.2, 0.25) is 0 Å². The van der Waals surface area contributed by atoms with Gasteiger partial charge in [-0.1, -0.05) is 358 Å². The third kappa shape index (κ3) is 69.8. The number of rotatable bonds is 68. The maximum absolute atomic E-state index is 12.9. The highest BCUT2D eigenvalue weighted by Gasteiger charge is 2.19. The molecule has 0 amide bonds. The van der Waals surface area contributed by atoms with E-state index in [9.17, 15) is 14.4 Å². The van der Waals surface area contributed by atoms with Gasteiger partial charge in [-0.3, -0.25) is 14.4 Å². The summed E-state index contributed by atoms with van der Waals surface area (Å²) in [6.45, 7) is 6.53. The molecule has 6 heteroatoms. The van der Waals surface area contributed by atoms with Gasteiger partial charge in [-0.25, -0.2) is 0 Å². The maximum Gasteiger partial charge on any atom is 0.306 e. The Morgan fingerprint density at radius 3 is 0.783 bits per heavy atom. The van der Waals surface area contributed by atoms with E-state index in [1.54, 1.807) is 0 Å². The molecular formula is C77H140O6. The molecule has 0 aliphatic heterocycles. The number of esters is 3. The Morgan fingerprint density at radius 1 is 0.253 bits per heavy atom. The van der Waals surface area contributed by atoms with E-state index in [1.165, 1.54) is 250 Å². The van der Waals surface area contributed by atoms with E-state index in [4.69, 9.17) is 14.2 Å². The normalized spacial score (nSPS) is 12.4. The highest BCUT2D eigenvalue weighted by Crippen LogP contribution is 2.19. The van der Waals surface area contributed by atoms with Gasteiger partial charge in [-0.15, -0.1) is 0 Å². The van der Waals surface area contributed by atoms with Crippen LogP contribution in [0.1, 0.15) is 393 Å². The van der Waals surface area contributed by atoms with Gasteiger partial charge >= 0.3 is 17.9 Å². The van der Waals surface area contributed by atoms with Crippen molar-refractivity contribution in [2.24, 2.45) is 0 Å². The molecule has 0 saturated carbocycles. The topological polar surface area (TPSA) is 78.9 Å². The fraction of sp³-hybridized carbons (Fsp3) is 0.831. The number of allylic oxidation sites excluding steroid dienone is 10. The lowest BCUT2D eigenvalue weighted by Gasteiger charge is -2.18. The van der Waals surface area contributed by atoms with Gasteiger partial charge in [0.15, 0.2) is 6.10 Å². The molecule has 0 bridgehead atoms. The van der Waals surface area contributed by atoms with Crippen molar-refractivity contribution < 1.29 is 28.6 Å². The van der Waals surface area contributed by atoms with Gasteiger partial charge < -0.3 is 14.2 Å². The summed E-state index contributed by atoms with van der Waals surface area (Å²) in [6.07, 6.45) is 92.9. The van der Waals surface area contributed by atoms with Crippen molar-refractivity contribution in [3.8, 4) is 0 Å².